The first-order valence-electron chi connectivity index (χ1n) is 7.74. The molecule has 0 bridgehead atoms. The van der Waals surface area contributed by atoms with Crippen LogP contribution in [0.1, 0.15) is 48.6 Å². The summed E-state index contributed by atoms with van der Waals surface area (Å²) in [5, 5.41) is 3.54. The topological polar surface area (TPSA) is 12.0 Å². The van der Waals surface area contributed by atoms with Crippen molar-refractivity contribution >= 4 is 0 Å². The molecule has 0 saturated heterocycles. The Morgan fingerprint density at radius 1 is 1.05 bits per heavy atom. The Kier molecular flexibility index (Phi) is 5.51. The van der Waals surface area contributed by atoms with Crippen molar-refractivity contribution in [1.29, 1.82) is 0 Å². The lowest BCUT2D eigenvalue weighted by molar-refractivity contribution is 0.583. The summed E-state index contributed by atoms with van der Waals surface area (Å²) in [6, 6.07) is 13.7. The molecule has 0 aliphatic rings. The van der Waals surface area contributed by atoms with Crippen molar-refractivity contribution in [3.63, 3.8) is 0 Å². The molecule has 0 aromatic heterocycles. The van der Waals surface area contributed by atoms with Crippen molar-refractivity contribution in [2.24, 2.45) is 0 Å². The normalized spacial score (nSPS) is 12.4. The summed E-state index contributed by atoms with van der Waals surface area (Å²) in [4.78, 5) is 0. The van der Waals surface area contributed by atoms with E-state index in [0.29, 0.717) is 0 Å². The largest absolute Gasteiger partial charge is 0.306 e. The molecule has 0 amide bonds. The second-order valence-electron chi connectivity index (χ2n) is 5.48. The quantitative estimate of drug-likeness (QED) is 0.805. The monoisotopic (exact) mass is 285 g/mol. The maximum Gasteiger partial charge on any atom is 0.123 e. The predicted octanol–water partition coefficient (Wildman–Crippen LogP) is 4.79. The van der Waals surface area contributed by atoms with Crippen molar-refractivity contribution in [3.05, 3.63) is 70.5 Å². The summed E-state index contributed by atoms with van der Waals surface area (Å²) in [5.41, 5.74) is 4.65. The number of hydrogen-bond acceptors (Lipinski definition) is 1. The van der Waals surface area contributed by atoms with E-state index in [-0.39, 0.29) is 11.9 Å². The van der Waals surface area contributed by atoms with Crippen LogP contribution in [0.2, 0.25) is 0 Å². The number of hydrogen-bond donors (Lipinski definition) is 1. The molecule has 0 heterocycles. The second kappa shape index (κ2) is 7.37. The van der Waals surface area contributed by atoms with E-state index in [4.69, 9.17) is 0 Å². The van der Waals surface area contributed by atoms with Gasteiger partial charge in [-0.2, -0.15) is 0 Å². The molecule has 1 unspecified atom stereocenters. The first-order chi connectivity index (χ1) is 10.2. The van der Waals surface area contributed by atoms with Crippen LogP contribution < -0.4 is 5.32 Å². The Hall–Kier alpha value is -1.67. The van der Waals surface area contributed by atoms with Gasteiger partial charge < -0.3 is 5.32 Å². The van der Waals surface area contributed by atoms with E-state index in [2.05, 4.69) is 43.4 Å². The van der Waals surface area contributed by atoms with Crippen LogP contribution in [0.5, 0.6) is 0 Å². The Labute approximate surface area is 127 Å². The highest BCUT2D eigenvalue weighted by molar-refractivity contribution is 5.38. The SMILES string of the molecule is CCCNC(c1ccc(CC)cc1)c1cc(F)ccc1C. The lowest BCUT2D eigenvalue weighted by atomic mass is 9.94. The van der Waals surface area contributed by atoms with Crippen LogP contribution in [0.15, 0.2) is 42.5 Å². The molecule has 2 rings (SSSR count). The zero-order chi connectivity index (χ0) is 15.2. The Morgan fingerprint density at radius 2 is 1.76 bits per heavy atom. The van der Waals surface area contributed by atoms with Gasteiger partial charge in [0.1, 0.15) is 5.82 Å². The van der Waals surface area contributed by atoms with Gasteiger partial charge in [-0.05, 0) is 60.7 Å². The highest BCUT2D eigenvalue weighted by Gasteiger charge is 2.16. The summed E-state index contributed by atoms with van der Waals surface area (Å²) in [5.74, 6) is -0.177. The molecule has 0 saturated carbocycles. The second-order valence-corrected chi connectivity index (χ2v) is 5.48. The van der Waals surface area contributed by atoms with Gasteiger partial charge in [-0.3, -0.25) is 0 Å². The highest BCUT2D eigenvalue weighted by Crippen LogP contribution is 2.26. The molecule has 2 aromatic rings. The van der Waals surface area contributed by atoms with E-state index in [9.17, 15) is 4.39 Å². The summed E-state index contributed by atoms with van der Waals surface area (Å²) in [7, 11) is 0. The molecule has 2 aromatic carbocycles. The predicted molar refractivity (Wildman–Crippen MR) is 87.1 cm³/mol. The summed E-state index contributed by atoms with van der Waals surface area (Å²) in [6.07, 6.45) is 2.09. The first kappa shape index (κ1) is 15.7. The first-order valence-corrected chi connectivity index (χ1v) is 7.74. The Balaban J connectivity index is 2.38. The molecule has 0 radical (unpaired) electrons. The van der Waals surface area contributed by atoms with Crippen molar-refractivity contribution in [2.75, 3.05) is 6.54 Å². The lowest BCUT2D eigenvalue weighted by Gasteiger charge is -2.22. The van der Waals surface area contributed by atoms with E-state index in [0.717, 1.165) is 30.5 Å². The zero-order valence-electron chi connectivity index (χ0n) is 13.1. The molecule has 21 heavy (non-hydrogen) atoms. The summed E-state index contributed by atoms with van der Waals surface area (Å²) >= 11 is 0. The Morgan fingerprint density at radius 3 is 2.38 bits per heavy atom. The van der Waals surface area contributed by atoms with Gasteiger partial charge in [0, 0.05) is 0 Å². The molecule has 1 N–H and O–H groups in total. The molecule has 1 nitrogen and oxygen atoms in total. The van der Waals surface area contributed by atoms with Gasteiger partial charge in [0.25, 0.3) is 0 Å². The fourth-order valence-corrected chi connectivity index (χ4v) is 2.56. The number of benzene rings is 2. The standard InChI is InChI=1S/C19H24FN/c1-4-12-21-19(16-9-7-15(5-2)8-10-16)18-13-17(20)11-6-14(18)3/h6-11,13,19,21H,4-5,12H2,1-3H3. The molecule has 0 fully saturated rings. The van der Waals surface area contributed by atoms with Crippen LogP contribution in [0.3, 0.4) is 0 Å². The highest BCUT2D eigenvalue weighted by atomic mass is 19.1. The molecule has 0 spiro atoms. The van der Waals surface area contributed by atoms with E-state index >= 15 is 0 Å². The molecular formula is C19H24FN. The number of rotatable bonds is 6. The van der Waals surface area contributed by atoms with Crippen LogP contribution >= 0.6 is 0 Å². The van der Waals surface area contributed by atoms with Gasteiger partial charge in [0.2, 0.25) is 0 Å². The van der Waals surface area contributed by atoms with Crippen LogP contribution in [-0.4, -0.2) is 6.54 Å². The van der Waals surface area contributed by atoms with Gasteiger partial charge in [0.15, 0.2) is 0 Å². The van der Waals surface area contributed by atoms with Gasteiger partial charge in [-0.1, -0.05) is 44.2 Å². The summed E-state index contributed by atoms with van der Waals surface area (Å²) in [6.45, 7) is 7.24. The minimum absolute atomic E-state index is 0.0477. The number of halogens is 1. The Bertz CT molecular complexity index is 575. The van der Waals surface area contributed by atoms with Crippen molar-refractivity contribution in [2.45, 2.75) is 39.7 Å². The minimum Gasteiger partial charge on any atom is -0.306 e. The molecule has 1 atom stereocenters. The lowest BCUT2D eigenvalue weighted by Crippen LogP contribution is -2.24. The van der Waals surface area contributed by atoms with Crippen molar-refractivity contribution < 1.29 is 4.39 Å². The minimum atomic E-state index is -0.177. The van der Waals surface area contributed by atoms with Gasteiger partial charge in [-0.15, -0.1) is 0 Å². The van der Waals surface area contributed by atoms with Crippen LogP contribution in [0.4, 0.5) is 4.39 Å². The fourth-order valence-electron chi connectivity index (χ4n) is 2.56. The van der Waals surface area contributed by atoms with Gasteiger partial charge in [-0.25, -0.2) is 4.39 Å². The van der Waals surface area contributed by atoms with E-state index in [1.165, 1.54) is 17.2 Å². The number of nitrogens with one attached hydrogen (secondary N) is 1. The molecular weight excluding hydrogens is 261 g/mol. The van der Waals surface area contributed by atoms with Gasteiger partial charge >= 0.3 is 0 Å². The van der Waals surface area contributed by atoms with Crippen LogP contribution in [0, 0.1) is 12.7 Å². The fraction of sp³-hybridized carbons (Fsp3) is 0.368. The summed E-state index contributed by atoms with van der Waals surface area (Å²) < 4.78 is 13.6. The smallest absolute Gasteiger partial charge is 0.123 e. The molecule has 2 heteroatoms. The van der Waals surface area contributed by atoms with E-state index in [1.54, 1.807) is 6.07 Å². The molecule has 0 aliphatic carbocycles. The number of aryl methyl sites for hydroxylation is 2. The van der Waals surface area contributed by atoms with E-state index in [1.807, 2.05) is 13.0 Å². The average molecular weight is 285 g/mol. The van der Waals surface area contributed by atoms with Crippen LogP contribution in [0.25, 0.3) is 0 Å². The van der Waals surface area contributed by atoms with Crippen molar-refractivity contribution in [3.8, 4) is 0 Å². The maximum absolute atomic E-state index is 13.6. The maximum atomic E-state index is 13.6. The zero-order valence-corrected chi connectivity index (χ0v) is 13.1. The molecule has 112 valence electrons. The third kappa shape index (κ3) is 3.92. The third-order valence-corrected chi connectivity index (χ3v) is 3.87. The molecule has 0 aliphatic heterocycles. The van der Waals surface area contributed by atoms with E-state index < -0.39 is 0 Å². The third-order valence-electron chi connectivity index (χ3n) is 3.87. The van der Waals surface area contributed by atoms with Crippen LogP contribution in [-0.2, 0) is 6.42 Å². The van der Waals surface area contributed by atoms with Crippen molar-refractivity contribution in [1.82, 2.24) is 5.32 Å². The van der Waals surface area contributed by atoms with Gasteiger partial charge in [0.05, 0.1) is 6.04 Å². The average Bonchev–Trinajstić information content (AvgIpc) is 2.51.